The smallest absolute Gasteiger partial charge is 0.253 e. The van der Waals surface area contributed by atoms with Crippen LogP contribution in [0.3, 0.4) is 0 Å². The van der Waals surface area contributed by atoms with Crippen LogP contribution in [0.1, 0.15) is 54.6 Å². The van der Waals surface area contributed by atoms with Crippen molar-refractivity contribution in [3.05, 3.63) is 101 Å². The number of fused-ring (bicyclic) bond motifs is 2. The standard InChI is InChI=1S/C39H40N10O2/c1-24-33-22-42-39(44-38(33)49(30-8-4-5-9-30)25(2)35(24)26(3)50)43-34-16-15-31(21-41-34)47-19-17-46(18-20-47)28-11-13-29(14-12-28)48-23-27-7-6-10-32(37(40)51)36(27)45-48/h6-7,10-16,21-23,30,50H,2,4-5,8-9,17-20H2,1,3H3,(H2,40,51). The molecule has 0 bridgehead atoms. The van der Waals surface area contributed by atoms with Gasteiger partial charge >= 0.3 is 0 Å². The summed E-state index contributed by atoms with van der Waals surface area (Å²) in [5.74, 6) is 1.10. The molecule has 1 saturated carbocycles. The van der Waals surface area contributed by atoms with Crippen LogP contribution in [0, 0.1) is 6.92 Å². The number of anilines is 2. The number of pyridine rings is 2. The Labute approximate surface area is 294 Å². The topological polar surface area (TPSA) is 144 Å². The van der Waals surface area contributed by atoms with E-state index in [0.717, 1.165) is 102 Å². The fourth-order valence-corrected chi connectivity index (χ4v) is 7.65. The van der Waals surface area contributed by atoms with Gasteiger partial charge in [-0.15, -0.1) is 0 Å². The van der Waals surface area contributed by atoms with Gasteiger partial charge in [0.15, 0.2) is 5.82 Å². The maximum absolute atomic E-state index is 11.8. The maximum Gasteiger partial charge on any atom is 0.253 e. The highest BCUT2D eigenvalue weighted by molar-refractivity contribution is 6.04. The molecule has 1 saturated heterocycles. The largest absolute Gasteiger partial charge is 0.512 e. The minimum atomic E-state index is -0.485. The van der Waals surface area contributed by atoms with Gasteiger partial charge in [0.05, 0.1) is 28.9 Å². The number of nitrogens with zero attached hydrogens (tertiary/aromatic N) is 9. The molecular formula is C39H40N10O2. The molecule has 12 nitrogen and oxygen atoms in total. The van der Waals surface area contributed by atoms with Gasteiger partial charge in [-0.05, 0) is 74.7 Å². The van der Waals surface area contributed by atoms with Crippen LogP contribution in [0.5, 0.6) is 0 Å². The Morgan fingerprint density at radius 3 is 2.27 bits per heavy atom. The Morgan fingerprint density at radius 2 is 1.61 bits per heavy atom. The van der Waals surface area contributed by atoms with E-state index in [1.807, 2.05) is 49.6 Å². The van der Waals surface area contributed by atoms with Crippen molar-refractivity contribution in [3.8, 4) is 17.1 Å². The lowest BCUT2D eigenvalue weighted by Crippen LogP contribution is -2.46. The molecule has 2 aromatic carbocycles. The van der Waals surface area contributed by atoms with E-state index in [9.17, 15) is 9.90 Å². The Hall–Kier alpha value is -6.04. The predicted molar refractivity (Wildman–Crippen MR) is 199 cm³/mol. The molecule has 0 spiro atoms. The summed E-state index contributed by atoms with van der Waals surface area (Å²) < 4.78 is 3.96. The number of carbonyl (C=O) groups excluding carboxylic acids is 1. The summed E-state index contributed by atoms with van der Waals surface area (Å²) in [6, 6.07) is 18.0. The number of primary amides is 1. The van der Waals surface area contributed by atoms with E-state index in [4.69, 9.17) is 15.7 Å². The van der Waals surface area contributed by atoms with Crippen molar-refractivity contribution < 1.29 is 9.90 Å². The zero-order valence-electron chi connectivity index (χ0n) is 28.8. The lowest BCUT2D eigenvalue weighted by atomic mass is 10.0. The van der Waals surface area contributed by atoms with E-state index in [1.165, 1.54) is 0 Å². The number of carbonyl (C=O) groups is 1. The van der Waals surface area contributed by atoms with Crippen molar-refractivity contribution in [1.29, 1.82) is 0 Å². The summed E-state index contributed by atoms with van der Waals surface area (Å²) in [6.07, 6.45) is 10.0. The number of hydrogen-bond acceptors (Lipinski definition) is 9. The molecule has 3 N–H and O–H groups in total. The van der Waals surface area contributed by atoms with Gasteiger partial charge in [-0.1, -0.05) is 31.6 Å². The molecule has 1 amide bonds. The summed E-state index contributed by atoms with van der Waals surface area (Å²) in [5, 5.41) is 17.5. The summed E-state index contributed by atoms with van der Waals surface area (Å²) in [6.45, 7) is 11.5. The summed E-state index contributed by atoms with van der Waals surface area (Å²) in [7, 11) is 0. The Kier molecular flexibility index (Phi) is 8.21. The summed E-state index contributed by atoms with van der Waals surface area (Å²) in [4.78, 5) is 35.4. The molecule has 12 heteroatoms. The second-order valence-electron chi connectivity index (χ2n) is 13.4. The van der Waals surface area contributed by atoms with Crippen molar-refractivity contribution >= 4 is 46.3 Å². The van der Waals surface area contributed by atoms with Crippen LogP contribution in [-0.2, 0) is 0 Å². The van der Waals surface area contributed by atoms with E-state index >= 15 is 0 Å². The zero-order valence-corrected chi connectivity index (χ0v) is 28.8. The van der Waals surface area contributed by atoms with Gasteiger partial charge in [0.25, 0.3) is 11.5 Å². The number of rotatable bonds is 6. The third kappa shape index (κ3) is 5.96. The molecule has 0 atom stereocenters. The highest BCUT2D eigenvalue weighted by Crippen LogP contribution is 2.32. The molecule has 8 rings (SSSR count). The van der Waals surface area contributed by atoms with Gasteiger partial charge < -0.3 is 25.2 Å². The quantitative estimate of drug-likeness (QED) is 0.265. The van der Waals surface area contributed by atoms with E-state index in [2.05, 4.69) is 54.2 Å². The van der Waals surface area contributed by atoms with Crippen LogP contribution < -0.4 is 31.7 Å². The number of aliphatic hydroxyl groups excluding tert-OH is 1. The molecule has 0 unspecified atom stereocenters. The Balaban J connectivity index is 0.968. The fourth-order valence-electron chi connectivity index (χ4n) is 7.65. The monoisotopic (exact) mass is 680 g/mol. The van der Waals surface area contributed by atoms with Crippen molar-refractivity contribution in [1.82, 2.24) is 29.3 Å². The second kappa shape index (κ2) is 13.0. The molecule has 5 heterocycles. The van der Waals surface area contributed by atoms with E-state index in [-0.39, 0.29) is 11.8 Å². The van der Waals surface area contributed by atoms with Gasteiger partial charge in [0, 0.05) is 71.8 Å². The van der Waals surface area contributed by atoms with Crippen LogP contribution in [-0.4, -0.2) is 66.5 Å². The highest BCUT2D eigenvalue weighted by atomic mass is 16.3. The fraction of sp³-hybridized carbons (Fsp3) is 0.282. The molecule has 3 aliphatic heterocycles. The van der Waals surface area contributed by atoms with Crippen LogP contribution in [0.2, 0.25) is 0 Å². The molecule has 258 valence electrons. The normalized spacial score (nSPS) is 16.4. The average molecular weight is 681 g/mol. The van der Waals surface area contributed by atoms with Crippen molar-refractivity contribution in [2.75, 3.05) is 36.0 Å². The minimum absolute atomic E-state index is 0.253. The van der Waals surface area contributed by atoms with Crippen LogP contribution in [0.4, 0.5) is 17.2 Å². The third-order valence-electron chi connectivity index (χ3n) is 10.3. The molecule has 4 aromatic rings. The van der Waals surface area contributed by atoms with Crippen LogP contribution in [0.15, 0.2) is 78.2 Å². The number of hydrogen-bond donors (Lipinski definition) is 2. The van der Waals surface area contributed by atoms with E-state index in [1.54, 1.807) is 23.9 Å². The molecule has 4 aliphatic rings. The number of amides is 1. The molecule has 2 aromatic heterocycles. The van der Waals surface area contributed by atoms with Gasteiger partial charge in [-0.3, -0.25) is 4.79 Å². The molecule has 2 fully saturated rings. The Bertz CT molecular complexity index is 2410. The second-order valence-corrected chi connectivity index (χ2v) is 13.4. The number of aliphatic hydroxyl groups is 1. The van der Waals surface area contributed by atoms with Crippen molar-refractivity contribution in [3.63, 3.8) is 0 Å². The van der Waals surface area contributed by atoms with Gasteiger partial charge in [0.2, 0.25) is 0 Å². The number of nitrogens with two attached hydrogens (primary N) is 1. The molecular weight excluding hydrogens is 640 g/mol. The molecule has 1 aliphatic carbocycles. The first-order valence-corrected chi connectivity index (χ1v) is 17.4. The van der Waals surface area contributed by atoms with Gasteiger partial charge in [-0.2, -0.15) is 15.1 Å². The Morgan fingerprint density at radius 1 is 0.922 bits per heavy atom. The lowest BCUT2D eigenvalue weighted by Gasteiger charge is -2.37. The van der Waals surface area contributed by atoms with E-state index in [0.29, 0.717) is 22.5 Å². The first kappa shape index (κ1) is 32.2. The molecule has 51 heavy (non-hydrogen) atoms. The summed E-state index contributed by atoms with van der Waals surface area (Å²) in [5.41, 5.74) is 11.8. The average Bonchev–Trinajstić information content (AvgIpc) is 3.83. The number of benzene rings is 2. The number of piperazine rings is 1. The maximum atomic E-state index is 11.8. The molecule has 0 radical (unpaired) electrons. The SMILES string of the molecule is C=c1c(=C(C)O)c(C)c2cnc(=Nc3ccc(N4CCN(c5ccc(-n6cc7cccc(C(N)=O)c7n6)cc5)CC4)cn3)nc-2n1C1CCCC1. The van der Waals surface area contributed by atoms with Gasteiger partial charge in [0.1, 0.15) is 11.3 Å². The third-order valence-corrected chi connectivity index (χ3v) is 10.3. The minimum Gasteiger partial charge on any atom is -0.512 e. The van der Waals surface area contributed by atoms with Crippen LogP contribution >= 0.6 is 0 Å². The first-order valence-electron chi connectivity index (χ1n) is 17.4. The van der Waals surface area contributed by atoms with Crippen LogP contribution in [0.25, 0.3) is 40.3 Å². The number of aromatic nitrogens is 6. The van der Waals surface area contributed by atoms with Crippen molar-refractivity contribution in [2.45, 2.75) is 45.6 Å². The highest BCUT2D eigenvalue weighted by Gasteiger charge is 2.24. The lowest BCUT2D eigenvalue weighted by molar-refractivity contribution is 0.100. The predicted octanol–water partition coefficient (Wildman–Crippen LogP) is 4.29. The zero-order chi connectivity index (χ0) is 35.2. The first-order chi connectivity index (χ1) is 24.7. The summed E-state index contributed by atoms with van der Waals surface area (Å²) >= 11 is 0. The van der Waals surface area contributed by atoms with Crippen molar-refractivity contribution in [2.24, 2.45) is 10.7 Å². The van der Waals surface area contributed by atoms with E-state index < -0.39 is 5.91 Å². The van der Waals surface area contributed by atoms with Gasteiger partial charge in [-0.25, -0.2) is 14.6 Å².